The lowest BCUT2D eigenvalue weighted by Gasteiger charge is -2.41. The summed E-state index contributed by atoms with van der Waals surface area (Å²) in [6, 6.07) is 24.6. The van der Waals surface area contributed by atoms with Crippen LogP contribution < -0.4 is 5.32 Å². The fourth-order valence-electron chi connectivity index (χ4n) is 4.96. The lowest BCUT2D eigenvalue weighted by Crippen LogP contribution is -2.53. The minimum absolute atomic E-state index is 0.0368. The molecular formula is C30H33FN2O2. The molecule has 0 saturated carbocycles. The highest BCUT2D eigenvalue weighted by molar-refractivity contribution is 5.89. The van der Waals surface area contributed by atoms with Crippen LogP contribution in [0.3, 0.4) is 0 Å². The Bertz CT molecular complexity index is 1140. The Hall–Kier alpha value is -3.47. The lowest BCUT2D eigenvalue weighted by atomic mass is 9.72. The summed E-state index contributed by atoms with van der Waals surface area (Å²) in [6.45, 7) is 3.74. The maximum atomic E-state index is 13.5. The largest absolute Gasteiger partial charge is 0.355 e. The third-order valence-electron chi connectivity index (χ3n) is 7.05. The average molecular weight is 473 g/mol. The van der Waals surface area contributed by atoms with Gasteiger partial charge in [-0.15, -0.1) is 0 Å². The molecule has 5 heteroatoms. The number of piperidine rings is 1. The van der Waals surface area contributed by atoms with Gasteiger partial charge >= 0.3 is 0 Å². The van der Waals surface area contributed by atoms with Crippen LogP contribution in [0.1, 0.15) is 41.5 Å². The standard InChI is InChI=1S/C30H33FN2O2/c1-23-6-5-7-25(22-23)16-19-32-29(35)30(26-8-3-2-4-9-26)17-20-33(21-18-30)28(34)15-12-24-10-13-27(31)14-11-24/h2-11,13-14,22H,12,15-21H2,1H3,(H,32,35). The molecule has 1 aliphatic heterocycles. The quantitative estimate of drug-likeness (QED) is 0.502. The fourth-order valence-corrected chi connectivity index (χ4v) is 4.96. The van der Waals surface area contributed by atoms with Gasteiger partial charge in [-0.3, -0.25) is 9.59 Å². The Morgan fingerprint density at radius 1 is 0.886 bits per heavy atom. The first-order valence-electron chi connectivity index (χ1n) is 12.4. The van der Waals surface area contributed by atoms with Crippen molar-refractivity contribution in [1.82, 2.24) is 10.2 Å². The Morgan fingerprint density at radius 3 is 2.29 bits per heavy atom. The first-order chi connectivity index (χ1) is 17.0. The Balaban J connectivity index is 1.38. The van der Waals surface area contributed by atoms with E-state index in [-0.39, 0.29) is 17.6 Å². The monoisotopic (exact) mass is 472 g/mol. The molecule has 1 saturated heterocycles. The molecule has 0 unspecified atom stereocenters. The summed E-state index contributed by atoms with van der Waals surface area (Å²) in [4.78, 5) is 28.3. The normalized spacial score (nSPS) is 15.0. The van der Waals surface area contributed by atoms with Crippen molar-refractivity contribution in [2.75, 3.05) is 19.6 Å². The van der Waals surface area contributed by atoms with Gasteiger partial charge in [-0.25, -0.2) is 4.39 Å². The van der Waals surface area contributed by atoms with Crippen molar-refractivity contribution < 1.29 is 14.0 Å². The Kier molecular flexibility index (Phi) is 7.96. The van der Waals surface area contributed by atoms with Gasteiger partial charge in [0, 0.05) is 26.1 Å². The van der Waals surface area contributed by atoms with E-state index in [1.165, 1.54) is 23.3 Å². The summed E-state index contributed by atoms with van der Waals surface area (Å²) in [5.74, 6) is -0.156. The van der Waals surface area contributed by atoms with E-state index in [1.807, 2.05) is 41.3 Å². The molecule has 182 valence electrons. The van der Waals surface area contributed by atoms with Crippen LogP contribution in [-0.4, -0.2) is 36.3 Å². The molecule has 0 aliphatic carbocycles. The van der Waals surface area contributed by atoms with Crippen molar-refractivity contribution in [3.63, 3.8) is 0 Å². The van der Waals surface area contributed by atoms with Crippen molar-refractivity contribution >= 4 is 11.8 Å². The molecule has 1 N–H and O–H groups in total. The van der Waals surface area contributed by atoms with Gasteiger partial charge < -0.3 is 10.2 Å². The van der Waals surface area contributed by atoms with Crippen molar-refractivity contribution in [3.05, 3.63) is 107 Å². The average Bonchev–Trinajstić information content (AvgIpc) is 2.89. The van der Waals surface area contributed by atoms with Crippen molar-refractivity contribution in [2.24, 2.45) is 0 Å². The second-order valence-electron chi connectivity index (χ2n) is 9.45. The van der Waals surface area contributed by atoms with Crippen LogP contribution in [-0.2, 0) is 27.8 Å². The summed E-state index contributed by atoms with van der Waals surface area (Å²) < 4.78 is 13.1. The Labute approximate surface area is 207 Å². The maximum Gasteiger partial charge on any atom is 0.230 e. The molecule has 3 aromatic rings. The van der Waals surface area contributed by atoms with Crippen LogP contribution in [0.2, 0.25) is 0 Å². The number of nitrogens with zero attached hydrogens (tertiary/aromatic N) is 1. The van der Waals surface area contributed by atoms with E-state index in [0.29, 0.717) is 45.3 Å². The number of carbonyl (C=O) groups excluding carboxylic acids is 2. The highest BCUT2D eigenvalue weighted by Crippen LogP contribution is 2.36. The minimum atomic E-state index is -0.637. The number of hydrogen-bond donors (Lipinski definition) is 1. The van der Waals surface area contributed by atoms with Gasteiger partial charge in [0.1, 0.15) is 5.82 Å². The molecule has 0 bridgehead atoms. The van der Waals surface area contributed by atoms with Crippen LogP contribution in [0.25, 0.3) is 0 Å². The van der Waals surface area contributed by atoms with Crippen molar-refractivity contribution in [2.45, 2.75) is 44.4 Å². The number of aryl methyl sites for hydroxylation is 2. The van der Waals surface area contributed by atoms with Gasteiger partial charge in [0.2, 0.25) is 11.8 Å². The van der Waals surface area contributed by atoms with Gasteiger partial charge in [0.05, 0.1) is 5.41 Å². The van der Waals surface area contributed by atoms with Crippen LogP contribution in [0.4, 0.5) is 4.39 Å². The zero-order valence-corrected chi connectivity index (χ0v) is 20.3. The number of benzene rings is 3. The minimum Gasteiger partial charge on any atom is -0.355 e. The van der Waals surface area contributed by atoms with E-state index in [0.717, 1.165) is 17.5 Å². The summed E-state index contributed by atoms with van der Waals surface area (Å²) in [6.07, 6.45) is 2.93. The first kappa shape index (κ1) is 24.6. The highest BCUT2D eigenvalue weighted by atomic mass is 19.1. The van der Waals surface area contributed by atoms with E-state index >= 15 is 0 Å². The van der Waals surface area contributed by atoms with E-state index in [4.69, 9.17) is 0 Å². The number of hydrogen-bond acceptors (Lipinski definition) is 2. The Morgan fingerprint density at radius 2 is 1.60 bits per heavy atom. The molecule has 2 amide bonds. The lowest BCUT2D eigenvalue weighted by molar-refractivity contribution is -0.136. The van der Waals surface area contributed by atoms with Crippen molar-refractivity contribution in [3.8, 4) is 0 Å². The second kappa shape index (κ2) is 11.3. The SMILES string of the molecule is Cc1cccc(CCNC(=O)C2(c3ccccc3)CCN(C(=O)CCc3ccc(F)cc3)CC2)c1. The molecule has 0 atom stereocenters. The molecule has 3 aromatic carbocycles. The zero-order valence-electron chi connectivity index (χ0n) is 20.3. The van der Waals surface area contributed by atoms with Crippen LogP contribution in [0.15, 0.2) is 78.9 Å². The fraction of sp³-hybridized carbons (Fsp3) is 0.333. The topological polar surface area (TPSA) is 49.4 Å². The number of halogens is 1. The molecule has 1 aliphatic rings. The molecule has 0 spiro atoms. The van der Waals surface area contributed by atoms with E-state index < -0.39 is 5.41 Å². The predicted molar refractivity (Wildman–Crippen MR) is 137 cm³/mol. The smallest absolute Gasteiger partial charge is 0.230 e. The van der Waals surface area contributed by atoms with Gasteiger partial charge in [0.15, 0.2) is 0 Å². The number of rotatable bonds is 8. The molecular weight excluding hydrogens is 439 g/mol. The third kappa shape index (κ3) is 6.16. The molecule has 1 heterocycles. The summed E-state index contributed by atoms with van der Waals surface area (Å²) in [7, 11) is 0. The van der Waals surface area contributed by atoms with Crippen molar-refractivity contribution in [1.29, 1.82) is 0 Å². The molecule has 4 rings (SSSR count). The number of nitrogens with one attached hydrogen (secondary N) is 1. The summed E-state index contributed by atoms with van der Waals surface area (Å²) in [5.41, 5.74) is 3.74. The predicted octanol–water partition coefficient (Wildman–Crippen LogP) is 4.99. The first-order valence-corrected chi connectivity index (χ1v) is 12.4. The third-order valence-corrected chi connectivity index (χ3v) is 7.05. The van der Waals surface area contributed by atoms with Gasteiger partial charge in [0.25, 0.3) is 0 Å². The van der Waals surface area contributed by atoms with E-state index in [2.05, 4.69) is 30.4 Å². The van der Waals surface area contributed by atoms with Crippen LogP contribution in [0.5, 0.6) is 0 Å². The summed E-state index contributed by atoms with van der Waals surface area (Å²) >= 11 is 0. The number of amides is 2. The van der Waals surface area contributed by atoms with Gasteiger partial charge in [-0.1, -0.05) is 72.3 Å². The van der Waals surface area contributed by atoms with Crippen LogP contribution in [0, 0.1) is 12.7 Å². The van der Waals surface area contributed by atoms with Gasteiger partial charge in [-0.2, -0.15) is 0 Å². The zero-order chi connectivity index (χ0) is 24.7. The maximum absolute atomic E-state index is 13.5. The van der Waals surface area contributed by atoms with E-state index in [9.17, 15) is 14.0 Å². The van der Waals surface area contributed by atoms with Crippen LogP contribution >= 0.6 is 0 Å². The molecule has 4 nitrogen and oxygen atoms in total. The second-order valence-corrected chi connectivity index (χ2v) is 9.45. The molecule has 35 heavy (non-hydrogen) atoms. The number of likely N-dealkylation sites (tertiary alicyclic amines) is 1. The highest BCUT2D eigenvalue weighted by Gasteiger charge is 2.43. The molecule has 0 aromatic heterocycles. The molecule has 1 fully saturated rings. The van der Waals surface area contributed by atoms with Gasteiger partial charge in [-0.05, 0) is 61.4 Å². The number of carbonyl (C=O) groups is 2. The van der Waals surface area contributed by atoms with E-state index in [1.54, 1.807) is 12.1 Å². The summed E-state index contributed by atoms with van der Waals surface area (Å²) in [5, 5.41) is 3.18. The molecule has 0 radical (unpaired) electrons.